The Morgan fingerprint density at radius 1 is 1.32 bits per heavy atom. The van der Waals surface area contributed by atoms with Crippen LogP contribution < -0.4 is 11.1 Å². The zero-order valence-corrected chi connectivity index (χ0v) is 17.1. The molecule has 1 aliphatic rings. The molecule has 0 radical (unpaired) electrons. The highest BCUT2D eigenvalue weighted by atomic mass is 32.1. The predicted molar refractivity (Wildman–Crippen MR) is 103 cm³/mol. The number of nitrogens with one attached hydrogen (secondary N) is 1. The quantitative estimate of drug-likeness (QED) is 0.714. The molecule has 1 aromatic rings. The highest BCUT2D eigenvalue weighted by Crippen LogP contribution is 2.24. The van der Waals surface area contributed by atoms with Crippen molar-refractivity contribution in [3.63, 3.8) is 0 Å². The van der Waals surface area contributed by atoms with Crippen LogP contribution in [-0.4, -0.2) is 53.1 Å². The number of carbonyl (C=O) groups excluding carboxylic acids is 4. The second kappa shape index (κ2) is 8.59. The molecule has 0 unspecified atom stereocenters. The van der Waals surface area contributed by atoms with Gasteiger partial charge in [0.15, 0.2) is 6.10 Å². The van der Waals surface area contributed by atoms with Gasteiger partial charge in [-0.3, -0.25) is 14.5 Å². The molecule has 10 heteroatoms. The molecule has 9 nitrogen and oxygen atoms in total. The SMILES string of the molecule is C[C@@H](OC(=O)[C@@H]1CCCN1C(=O)OC(C)(C)C)C(=O)Nc1sccc1C(N)=O. The molecule has 0 aromatic carbocycles. The molecule has 1 aromatic heterocycles. The molecule has 1 saturated heterocycles. The van der Waals surface area contributed by atoms with Gasteiger partial charge in [0, 0.05) is 6.54 Å². The van der Waals surface area contributed by atoms with E-state index in [-0.39, 0.29) is 10.6 Å². The maximum atomic E-state index is 12.5. The minimum Gasteiger partial charge on any atom is -0.451 e. The van der Waals surface area contributed by atoms with E-state index in [1.54, 1.807) is 26.2 Å². The van der Waals surface area contributed by atoms with Crippen LogP contribution in [0.25, 0.3) is 0 Å². The van der Waals surface area contributed by atoms with Crippen LogP contribution in [0.15, 0.2) is 11.4 Å². The summed E-state index contributed by atoms with van der Waals surface area (Å²) in [5.41, 5.74) is 4.75. The number of primary amides is 1. The van der Waals surface area contributed by atoms with E-state index < -0.39 is 41.6 Å². The van der Waals surface area contributed by atoms with Crippen molar-refractivity contribution < 1.29 is 28.7 Å². The van der Waals surface area contributed by atoms with Gasteiger partial charge in [-0.25, -0.2) is 9.59 Å². The molecule has 0 bridgehead atoms. The molecule has 2 heterocycles. The highest BCUT2D eigenvalue weighted by Gasteiger charge is 2.38. The van der Waals surface area contributed by atoms with E-state index in [4.69, 9.17) is 15.2 Å². The van der Waals surface area contributed by atoms with Gasteiger partial charge in [-0.1, -0.05) is 0 Å². The Kier molecular flexibility index (Phi) is 6.65. The highest BCUT2D eigenvalue weighted by molar-refractivity contribution is 7.14. The lowest BCUT2D eigenvalue weighted by molar-refractivity contribution is -0.157. The third-order valence-corrected chi connectivity index (χ3v) is 4.81. The monoisotopic (exact) mass is 411 g/mol. The van der Waals surface area contributed by atoms with Crippen LogP contribution >= 0.6 is 11.3 Å². The second-order valence-electron chi connectivity index (χ2n) is 7.43. The Morgan fingerprint density at radius 3 is 2.61 bits per heavy atom. The predicted octanol–water partition coefficient (Wildman–Crippen LogP) is 2.12. The number of nitrogens with zero attached hydrogens (tertiary/aromatic N) is 1. The number of hydrogen-bond acceptors (Lipinski definition) is 7. The molecule has 3 N–H and O–H groups in total. The van der Waals surface area contributed by atoms with Gasteiger partial charge in [0.2, 0.25) is 0 Å². The van der Waals surface area contributed by atoms with Gasteiger partial charge in [-0.2, -0.15) is 0 Å². The van der Waals surface area contributed by atoms with Gasteiger partial charge in [0.05, 0.1) is 5.56 Å². The Hall–Kier alpha value is -2.62. The summed E-state index contributed by atoms with van der Waals surface area (Å²) in [6.07, 6.45) is -0.634. The number of thiophene rings is 1. The molecule has 3 amide bonds. The first-order valence-electron chi connectivity index (χ1n) is 8.88. The van der Waals surface area contributed by atoms with E-state index in [1.807, 2.05) is 0 Å². The molecular weight excluding hydrogens is 386 g/mol. The Bertz CT molecular complexity index is 770. The van der Waals surface area contributed by atoms with Crippen LogP contribution in [0.3, 0.4) is 0 Å². The third kappa shape index (κ3) is 5.44. The van der Waals surface area contributed by atoms with Crippen LogP contribution in [0.4, 0.5) is 9.80 Å². The number of carbonyl (C=O) groups is 4. The summed E-state index contributed by atoms with van der Waals surface area (Å²) in [7, 11) is 0. The van der Waals surface area contributed by atoms with Crippen molar-refractivity contribution in [2.24, 2.45) is 5.73 Å². The van der Waals surface area contributed by atoms with Crippen molar-refractivity contribution in [3.8, 4) is 0 Å². The summed E-state index contributed by atoms with van der Waals surface area (Å²) < 4.78 is 10.6. The van der Waals surface area contributed by atoms with Crippen molar-refractivity contribution in [3.05, 3.63) is 17.0 Å². The van der Waals surface area contributed by atoms with E-state index in [1.165, 1.54) is 17.9 Å². The standard InChI is InChI=1S/C18H25N3O6S/c1-10(14(23)20-15-11(13(19)22)7-9-28-15)26-16(24)12-6-5-8-21(12)17(25)27-18(2,3)4/h7,9-10,12H,5-6,8H2,1-4H3,(H2,19,22)(H,20,23)/t10-,12+/m1/s1. The fraction of sp³-hybridized carbons (Fsp3) is 0.556. The molecule has 0 saturated carbocycles. The third-order valence-electron chi connectivity index (χ3n) is 3.98. The number of likely N-dealkylation sites (tertiary alicyclic amines) is 1. The summed E-state index contributed by atoms with van der Waals surface area (Å²) in [5, 5.41) is 4.43. The lowest BCUT2D eigenvalue weighted by Gasteiger charge is -2.28. The average Bonchev–Trinajstić information content (AvgIpc) is 3.22. The Balaban J connectivity index is 1.97. The zero-order valence-electron chi connectivity index (χ0n) is 16.3. The fourth-order valence-corrected chi connectivity index (χ4v) is 3.47. The van der Waals surface area contributed by atoms with Crippen LogP contribution in [-0.2, 0) is 19.1 Å². The van der Waals surface area contributed by atoms with Crippen molar-refractivity contribution >= 4 is 40.2 Å². The van der Waals surface area contributed by atoms with Gasteiger partial charge in [-0.15, -0.1) is 11.3 Å². The first-order valence-corrected chi connectivity index (χ1v) is 9.76. The van der Waals surface area contributed by atoms with Crippen LogP contribution in [0, 0.1) is 0 Å². The minimum atomic E-state index is -1.11. The Morgan fingerprint density at radius 2 is 2.00 bits per heavy atom. The number of ether oxygens (including phenoxy) is 2. The summed E-state index contributed by atoms with van der Waals surface area (Å²) in [5.74, 6) is -1.94. The molecule has 2 atom stereocenters. The van der Waals surface area contributed by atoms with E-state index in [9.17, 15) is 19.2 Å². The molecule has 1 aliphatic heterocycles. The first kappa shape index (κ1) is 21.7. The van der Waals surface area contributed by atoms with Crippen molar-refractivity contribution in [1.82, 2.24) is 4.90 Å². The van der Waals surface area contributed by atoms with Gasteiger partial charge < -0.3 is 20.5 Å². The number of nitrogens with two attached hydrogens (primary N) is 1. The number of anilines is 1. The number of rotatable bonds is 5. The van der Waals surface area contributed by atoms with E-state index >= 15 is 0 Å². The number of esters is 1. The summed E-state index contributed by atoms with van der Waals surface area (Å²) in [6, 6.07) is 0.698. The molecule has 28 heavy (non-hydrogen) atoms. The van der Waals surface area contributed by atoms with Crippen LogP contribution in [0.2, 0.25) is 0 Å². The maximum Gasteiger partial charge on any atom is 0.411 e. The maximum absolute atomic E-state index is 12.5. The van der Waals surface area contributed by atoms with E-state index in [0.29, 0.717) is 19.4 Å². The van der Waals surface area contributed by atoms with Crippen molar-refractivity contribution in [1.29, 1.82) is 0 Å². The summed E-state index contributed by atoms with van der Waals surface area (Å²) in [6.45, 7) is 7.02. The molecule has 1 fully saturated rings. The molecular formula is C18H25N3O6S. The zero-order chi connectivity index (χ0) is 21.1. The van der Waals surface area contributed by atoms with Gasteiger partial charge in [-0.05, 0) is 52.0 Å². The summed E-state index contributed by atoms with van der Waals surface area (Å²) in [4.78, 5) is 49.7. The van der Waals surface area contributed by atoms with Crippen LogP contribution in [0.5, 0.6) is 0 Å². The second-order valence-corrected chi connectivity index (χ2v) is 8.34. The Labute approximate surface area is 167 Å². The number of hydrogen-bond donors (Lipinski definition) is 2. The van der Waals surface area contributed by atoms with Gasteiger partial charge in [0.1, 0.15) is 16.6 Å². The van der Waals surface area contributed by atoms with E-state index in [0.717, 1.165) is 11.3 Å². The molecule has 2 rings (SSSR count). The lowest BCUT2D eigenvalue weighted by Crippen LogP contribution is -2.45. The first-order chi connectivity index (χ1) is 13.0. The van der Waals surface area contributed by atoms with Crippen molar-refractivity contribution in [2.45, 2.75) is 58.3 Å². The molecule has 154 valence electrons. The topological polar surface area (TPSA) is 128 Å². The number of amides is 3. The minimum absolute atomic E-state index is 0.184. The van der Waals surface area contributed by atoms with Gasteiger partial charge in [0.25, 0.3) is 11.8 Å². The van der Waals surface area contributed by atoms with Crippen molar-refractivity contribution in [2.75, 3.05) is 11.9 Å². The lowest BCUT2D eigenvalue weighted by atomic mass is 10.2. The largest absolute Gasteiger partial charge is 0.451 e. The van der Waals surface area contributed by atoms with Crippen LogP contribution in [0.1, 0.15) is 50.9 Å². The fourth-order valence-electron chi connectivity index (χ4n) is 2.67. The normalized spacial score (nSPS) is 17.7. The molecule has 0 spiro atoms. The van der Waals surface area contributed by atoms with E-state index in [2.05, 4.69) is 5.32 Å². The molecule has 0 aliphatic carbocycles. The summed E-state index contributed by atoms with van der Waals surface area (Å²) >= 11 is 1.13. The van der Waals surface area contributed by atoms with Gasteiger partial charge >= 0.3 is 12.1 Å². The average molecular weight is 411 g/mol. The smallest absolute Gasteiger partial charge is 0.411 e.